The Morgan fingerprint density at radius 1 is 1.22 bits per heavy atom. The number of rotatable bonds is 4. The molecule has 2 bridgehead atoms. The first-order valence-corrected chi connectivity index (χ1v) is 10.7. The minimum atomic E-state index is -0.0200. The van der Waals surface area contributed by atoms with Crippen LogP contribution in [0.15, 0.2) is 18.2 Å². The third kappa shape index (κ3) is 3.22. The van der Waals surface area contributed by atoms with Crippen molar-refractivity contribution in [3.8, 4) is 0 Å². The summed E-state index contributed by atoms with van der Waals surface area (Å²) in [6, 6.07) is 6.60. The fourth-order valence-corrected chi connectivity index (χ4v) is 5.61. The molecule has 7 heteroatoms. The van der Waals surface area contributed by atoms with Crippen LogP contribution in [0, 0.1) is 5.92 Å². The van der Waals surface area contributed by atoms with E-state index in [0.717, 1.165) is 36.1 Å². The minimum Gasteiger partial charge on any atom is -0.380 e. The number of benzene rings is 1. The van der Waals surface area contributed by atoms with Crippen LogP contribution < -0.4 is 10.2 Å². The summed E-state index contributed by atoms with van der Waals surface area (Å²) >= 11 is 1.42. The highest BCUT2D eigenvalue weighted by atomic mass is 32.1. The highest BCUT2D eigenvalue weighted by molar-refractivity contribution is 7.13. The van der Waals surface area contributed by atoms with E-state index in [4.69, 9.17) is 4.74 Å². The average Bonchev–Trinajstić information content (AvgIpc) is 3.35. The highest BCUT2D eigenvalue weighted by Crippen LogP contribution is 2.31. The van der Waals surface area contributed by atoms with Gasteiger partial charge in [-0.1, -0.05) is 0 Å². The van der Waals surface area contributed by atoms with E-state index in [1.807, 2.05) is 0 Å². The number of fused-ring (bicyclic) bond motifs is 4. The van der Waals surface area contributed by atoms with E-state index in [9.17, 15) is 4.79 Å². The summed E-state index contributed by atoms with van der Waals surface area (Å²) < 4.78 is 11.0. The van der Waals surface area contributed by atoms with E-state index in [2.05, 4.69) is 37.7 Å². The molecule has 6 nitrogen and oxygen atoms in total. The lowest BCUT2D eigenvalue weighted by Gasteiger charge is -2.44. The van der Waals surface area contributed by atoms with Crippen LogP contribution in [0.2, 0.25) is 0 Å². The van der Waals surface area contributed by atoms with Gasteiger partial charge in [0.2, 0.25) is 0 Å². The highest BCUT2D eigenvalue weighted by Gasteiger charge is 2.35. The molecule has 6 rings (SSSR count). The fraction of sp³-hybridized carbons (Fsp3) is 0.600. The van der Waals surface area contributed by atoms with Crippen molar-refractivity contribution in [1.82, 2.24) is 14.6 Å². The van der Waals surface area contributed by atoms with Crippen molar-refractivity contribution in [1.29, 1.82) is 0 Å². The summed E-state index contributed by atoms with van der Waals surface area (Å²) in [4.78, 5) is 17.7. The third-order valence-corrected chi connectivity index (χ3v) is 7.30. The molecule has 0 spiro atoms. The van der Waals surface area contributed by atoms with Crippen molar-refractivity contribution < 1.29 is 9.53 Å². The Labute approximate surface area is 163 Å². The van der Waals surface area contributed by atoms with E-state index >= 15 is 0 Å². The number of hydrogen-bond donors (Lipinski definition) is 1. The standard InChI is InChI=1S/C20H26N4O2S/c1-26-15-6-9-24(11-15)14-2-3-16-18(10-14)27-22-19(16)20(25)21-17-12-23-7-4-13(17)5-8-23/h2-3,10,13,15,17H,4-9,11-12H2,1H3,(H,21,25)/t15?,17-/m1/s1. The van der Waals surface area contributed by atoms with E-state index in [1.165, 1.54) is 43.2 Å². The van der Waals surface area contributed by atoms with Crippen LogP contribution in [0.4, 0.5) is 5.69 Å². The van der Waals surface area contributed by atoms with Gasteiger partial charge in [-0.2, -0.15) is 4.37 Å². The molecule has 4 aliphatic rings. The van der Waals surface area contributed by atoms with E-state index < -0.39 is 0 Å². The molecule has 27 heavy (non-hydrogen) atoms. The van der Waals surface area contributed by atoms with E-state index in [-0.39, 0.29) is 11.9 Å². The predicted molar refractivity (Wildman–Crippen MR) is 108 cm³/mol. The largest absolute Gasteiger partial charge is 0.380 e. The summed E-state index contributed by atoms with van der Waals surface area (Å²) in [5.74, 6) is 0.604. The third-order valence-electron chi connectivity index (χ3n) is 6.49. The number of methoxy groups -OCH3 is 1. The van der Waals surface area contributed by atoms with Gasteiger partial charge in [-0.3, -0.25) is 4.79 Å². The zero-order chi connectivity index (χ0) is 18.4. The van der Waals surface area contributed by atoms with Gasteiger partial charge in [-0.05, 0) is 68.0 Å². The first-order valence-electron chi connectivity index (χ1n) is 9.91. The Morgan fingerprint density at radius 3 is 2.78 bits per heavy atom. The van der Waals surface area contributed by atoms with Crippen molar-refractivity contribution in [2.45, 2.75) is 31.4 Å². The molecular weight excluding hydrogens is 360 g/mol. The summed E-state index contributed by atoms with van der Waals surface area (Å²) in [7, 11) is 1.78. The van der Waals surface area contributed by atoms with Crippen LogP contribution in [0.1, 0.15) is 29.8 Å². The van der Waals surface area contributed by atoms with Crippen molar-refractivity contribution in [3.05, 3.63) is 23.9 Å². The second kappa shape index (κ2) is 7.04. The summed E-state index contributed by atoms with van der Waals surface area (Å²) in [6.07, 6.45) is 3.77. The van der Waals surface area contributed by atoms with Gasteiger partial charge >= 0.3 is 0 Å². The number of aromatic nitrogens is 1. The lowest BCUT2D eigenvalue weighted by atomic mass is 9.84. The molecular formula is C20H26N4O2S. The number of carbonyl (C=O) groups is 1. The number of piperidine rings is 3. The number of anilines is 1. The molecule has 1 unspecified atom stereocenters. The molecule has 5 heterocycles. The lowest BCUT2D eigenvalue weighted by Crippen LogP contribution is -2.57. The molecule has 1 aromatic heterocycles. The number of nitrogens with one attached hydrogen (secondary N) is 1. The maximum Gasteiger partial charge on any atom is 0.271 e. The van der Waals surface area contributed by atoms with Crippen molar-refractivity contribution >= 4 is 33.2 Å². The van der Waals surface area contributed by atoms with Gasteiger partial charge in [-0.25, -0.2) is 0 Å². The maximum absolute atomic E-state index is 12.9. The van der Waals surface area contributed by atoms with Gasteiger partial charge in [0, 0.05) is 43.9 Å². The van der Waals surface area contributed by atoms with Crippen molar-refractivity contribution in [2.75, 3.05) is 44.7 Å². The monoisotopic (exact) mass is 386 g/mol. The van der Waals surface area contributed by atoms with Gasteiger partial charge in [-0.15, -0.1) is 0 Å². The van der Waals surface area contributed by atoms with Gasteiger partial charge < -0.3 is 19.9 Å². The molecule has 144 valence electrons. The first-order chi connectivity index (χ1) is 13.2. The minimum absolute atomic E-state index is 0.0200. The van der Waals surface area contributed by atoms with Gasteiger partial charge in [0.1, 0.15) is 5.69 Å². The van der Waals surface area contributed by atoms with Gasteiger partial charge in [0.15, 0.2) is 0 Å². The zero-order valence-electron chi connectivity index (χ0n) is 15.7. The molecule has 2 atom stereocenters. The number of nitrogens with zero attached hydrogens (tertiary/aromatic N) is 3. The Balaban J connectivity index is 1.33. The molecule has 4 fully saturated rings. The molecule has 0 saturated carbocycles. The van der Waals surface area contributed by atoms with E-state index in [0.29, 0.717) is 17.7 Å². The second-order valence-corrected chi connectivity index (χ2v) is 8.83. The van der Waals surface area contributed by atoms with Crippen LogP contribution in [0.5, 0.6) is 0 Å². The number of ether oxygens (including phenoxy) is 1. The maximum atomic E-state index is 12.9. The van der Waals surface area contributed by atoms with Gasteiger partial charge in [0.05, 0.1) is 10.8 Å². The lowest BCUT2D eigenvalue weighted by molar-refractivity contribution is 0.0619. The first kappa shape index (κ1) is 17.4. The van der Waals surface area contributed by atoms with Gasteiger partial charge in [0.25, 0.3) is 5.91 Å². The van der Waals surface area contributed by atoms with Crippen LogP contribution in [0.25, 0.3) is 10.1 Å². The fourth-order valence-electron chi connectivity index (χ4n) is 4.81. The van der Waals surface area contributed by atoms with Crippen LogP contribution in [-0.4, -0.2) is 67.2 Å². The topological polar surface area (TPSA) is 57.7 Å². The second-order valence-electron chi connectivity index (χ2n) is 8.02. The number of amides is 1. The van der Waals surface area contributed by atoms with Crippen LogP contribution >= 0.6 is 11.5 Å². The number of hydrogen-bond acceptors (Lipinski definition) is 6. The van der Waals surface area contributed by atoms with Crippen molar-refractivity contribution in [2.24, 2.45) is 5.92 Å². The number of carbonyl (C=O) groups excluding carboxylic acids is 1. The van der Waals surface area contributed by atoms with E-state index in [1.54, 1.807) is 7.11 Å². The van der Waals surface area contributed by atoms with Crippen molar-refractivity contribution in [3.63, 3.8) is 0 Å². The Kier molecular flexibility index (Phi) is 4.53. The summed E-state index contributed by atoms with van der Waals surface area (Å²) in [6.45, 7) is 5.28. The summed E-state index contributed by atoms with van der Waals surface area (Å²) in [5, 5.41) is 4.23. The molecule has 2 aromatic rings. The zero-order valence-corrected chi connectivity index (χ0v) is 16.5. The Bertz CT molecular complexity index is 846. The molecule has 1 aromatic carbocycles. The normalized spacial score (nSPS) is 30.2. The predicted octanol–water partition coefficient (Wildman–Crippen LogP) is 2.35. The Hall–Kier alpha value is -1.70. The molecule has 4 aliphatic heterocycles. The van der Waals surface area contributed by atoms with Crippen LogP contribution in [0.3, 0.4) is 0 Å². The molecule has 0 aliphatic carbocycles. The molecule has 1 N–H and O–H groups in total. The smallest absolute Gasteiger partial charge is 0.271 e. The molecule has 0 radical (unpaired) electrons. The average molecular weight is 387 g/mol. The summed E-state index contributed by atoms with van der Waals surface area (Å²) in [5.41, 5.74) is 1.77. The molecule has 4 saturated heterocycles. The Morgan fingerprint density at radius 2 is 2.07 bits per heavy atom. The van der Waals surface area contributed by atoms with Crippen LogP contribution in [-0.2, 0) is 4.74 Å². The molecule has 1 amide bonds. The quantitative estimate of drug-likeness (QED) is 0.874. The SMILES string of the molecule is COC1CCN(c2ccc3c(C(=O)N[C@@H]4CN5CCC4CC5)nsc3c2)C1.